The molecule has 636 valence electrons. The third-order valence-corrected chi connectivity index (χ3v) is 31.4. The van der Waals surface area contributed by atoms with Crippen molar-refractivity contribution in [3.8, 4) is 111 Å². The fourth-order valence-electron chi connectivity index (χ4n) is 25.9. The number of para-hydroxylation sites is 6. The van der Waals surface area contributed by atoms with Crippen molar-refractivity contribution in [2.45, 2.75) is 10.8 Å². The van der Waals surface area contributed by atoms with Gasteiger partial charge in [0.05, 0.1) is 10.8 Å². The molecule has 0 aliphatic heterocycles. The minimum absolute atomic E-state index is 0.501. The Hall–Kier alpha value is -18.0. The zero-order valence-corrected chi connectivity index (χ0v) is 74.5. The largest absolute Gasteiger partial charge is 0.456 e. The van der Waals surface area contributed by atoms with Crippen molar-refractivity contribution in [2.75, 3.05) is 0 Å². The molecule has 0 bridgehead atoms. The van der Waals surface area contributed by atoms with Gasteiger partial charge in [0.1, 0.15) is 44.7 Å². The molecule has 4 heteroatoms. The Morgan fingerprint density at radius 2 is 0.384 bits per heavy atom. The summed E-state index contributed by atoms with van der Waals surface area (Å²) in [5.41, 5.74) is 41.1. The van der Waals surface area contributed by atoms with E-state index in [-0.39, 0.29) is 0 Å². The molecule has 0 radical (unpaired) electrons. The first-order chi connectivity index (χ1) is 68.5. The van der Waals surface area contributed by atoms with E-state index in [0.717, 1.165) is 132 Å². The van der Waals surface area contributed by atoms with E-state index in [1.165, 1.54) is 176 Å². The third kappa shape index (κ3) is 10.1. The highest BCUT2D eigenvalue weighted by Crippen LogP contribution is 2.69. The van der Waals surface area contributed by atoms with Gasteiger partial charge in [0.2, 0.25) is 0 Å². The van der Waals surface area contributed by atoms with Crippen LogP contribution in [0.25, 0.3) is 264 Å². The normalized spacial score (nSPS) is 14.7. The summed E-state index contributed by atoms with van der Waals surface area (Å²) in [5.74, 6) is 0. The second-order valence-electron chi connectivity index (χ2n) is 37.8. The van der Waals surface area contributed by atoms with Crippen molar-refractivity contribution in [1.29, 1.82) is 0 Å². The highest BCUT2D eigenvalue weighted by atomic mass is 16.3. The number of hydrogen-bond acceptors (Lipinski definition) is 4. The van der Waals surface area contributed by atoms with Gasteiger partial charge in [-0.2, -0.15) is 0 Å². The van der Waals surface area contributed by atoms with Gasteiger partial charge in [-0.25, -0.2) is 0 Å². The third-order valence-electron chi connectivity index (χ3n) is 31.4. The van der Waals surface area contributed by atoms with Crippen LogP contribution in [0.2, 0.25) is 0 Å². The van der Waals surface area contributed by atoms with Crippen molar-refractivity contribution in [1.82, 2.24) is 0 Å². The maximum atomic E-state index is 6.78. The number of furan rings is 4. The zero-order chi connectivity index (χ0) is 89.9. The molecule has 2 spiro atoms. The van der Waals surface area contributed by atoms with Crippen molar-refractivity contribution < 1.29 is 17.7 Å². The van der Waals surface area contributed by atoms with Crippen molar-refractivity contribution in [3.63, 3.8) is 0 Å². The van der Waals surface area contributed by atoms with Gasteiger partial charge >= 0.3 is 0 Å². The van der Waals surface area contributed by atoms with Gasteiger partial charge in [-0.3, -0.25) is 0 Å². The van der Waals surface area contributed by atoms with Gasteiger partial charge < -0.3 is 17.7 Å². The van der Waals surface area contributed by atoms with Crippen molar-refractivity contribution in [2.24, 2.45) is 0 Å². The SMILES string of the molecule is c1ccc2c(c1)-c1c(-c3c4cccc(-c5ccc6c(c5)oc5ccccc56)c4cc4c(-c5ccc6c(c5)oc5ccccc56)cccc34)cccc1C21c2ccccc2-c2c1ccc1ccccc21.c1ccc2c(c1)-c1c(-c3c4cccc(-c5cccc6c5oc5ccccc56)c4cc4c(-c5cccc6c5oc5ccccc56)cccc34)cccc1C21c2ccccc2-c2c1ccc1ccccc21. The molecule has 28 aromatic rings. The van der Waals surface area contributed by atoms with E-state index in [2.05, 4.69) is 449 Å². The molecule has 4 aliphatic carbocycles. The predicted molar refractivity (Wildman–Crippen MR) is 572 cm³/mol. The first-order valence-corrected chi connectivity index (χ1v) is 47.8. The molecule has 0 N–H and O–H groups in total. The predicted octanol–water partition coefficient (Wildman–Crippen LogP) is 36.6. The van der Waals surface area contributed by atoms with Gasteiger partial charge in [0.15, 0.2) is 0 Å². The Bertz CT molecular complexity index is 9950. The molecule has 0 fully saturated rings. The van der Waals surface area contributed by atoms with E-state index in [0.29, 0.717) is 0 Å². The molecular weight excluding hydrogens is 1670 g/mol. The summed E-state index contributed by atoms with van der Waals surface area (Å²) >= 11 is 0. The van der Waals surface area contributed by atoms with Gasteiger partial charge in [-0.15, -0.1) is 0 Å². The Morgan fingerprint density at radius 3 is 0.783 bits per heavy atom. The summed E-state index contributed by atoms with van der Waals surface area (Å²) in [6.07, 6.45) is 0. The Labute approximate surface area is 792 Å². The Morgan fingerprint density at radius 1 is 0.123 bits per heavy atom. The van der Waals surface area contributed by atoms with E-state index in [4.69, 9.17) is 17.7 Å². The number of hydrogen-bond donors (Lipinski definition) is 0. The van der Waals surface area contributed by atoms with Crippen LogP contribution in [0.15, 0.2) is 479 Å². The van der Waals surface area contributed by atoms with Crippen molar-refractivity contribution in [3.05, 3.63) is 506 Å². The topological polar surface area (TPSA) is 52.6 Å². The van der Waals surface area contributed by atoms with Crippen LogP contribution in [0.3, 0.4) is 0 Å². The second kappa shape index (κ2) is 28.3. The molecule has 0 saturated heterocycles. The molecule has 4 aromatic heterocycles. The molecule has 0 amide bonds. The zero-order valence-electron chi connectivity index (χ0n) is 74.5. The highest BCUT2D eigenvalue weighted by molar-refractivity contribution is 6.27. The van der Waals surface area contributed by atoms with Crippen LogP contribution in [0, 0.1) is 0 Å². The van der Waals surface area contributed by atoms with Crippen LogP contribution < -0.4 is 0 Å². The van der Waals surface area contributed by atoms with E-state index in [9.17, 15) is 0 Å². The number of rotatable bonds is 6. The standard InChI is InChI=1S/2C67H38O2/c1-2-17-40-39(16-1)36-37-59-63(40)51-20-3-7-31-56(51)67(59)57-32-8-4-21-52(57)64-53(30-15-33-58(64)67)62-45-24-11-22-41(47-26-13-28-49-43-18-5-9-34-60(43)68-65(47)49)54(45)38-55-42(23-12-25-46(55)62)48-27-14-29-50-44-19-6-10-35-61(44)69-66(48)50;1-2-15-44-39(14-1)32-35-59-65(44)51-18-3-7-25-56(51)67(59)57-26-8-4-19-52(57)66-53(24-13-27-58(66)67)64-49-22-11-20-42(40-30-33-47-45-16-5-9-28-60(45)68-62(47)36-40)54(49)38-55-43(21-12-23-50(55)64)41-31-34-48-46-17-6-10-29-61(46)69-63(48)37-41/h2*1-38H. The average molecular weight is 1750 g/mol. The van der Waals surface area contributed by atoms with E-state index in [1.54, 1.807) is 0 Å². The van der Waals surface area contributed by atoms with Crippen LogP contribution in [-0.4, -0.2) is 0 Å². The summed E-state index contributed by atoms with van der Waals surface area (Å²) in [6, 6.07) is 171. The molecule has 24 aromatic carbocycles. The smallest absolute Gasteiger partial charge is 0.143 e. The second-order valence-corrected chi connectivity index (χ2v) is 37.8. The monoisotopic (exact) mass is 1750 g/mol. The summed E-state index contributed by atoms with van der Waals surface area (Å²) < 4.78 is 26.6. The molecule has 4 aliphatic rings. The lowest BCUT2D eigenvalue weighted by Gasteiger charge is -2.30. The minimum Gasteiger partial charge on any atom is -0.456 e. The average Bonchev–Trinajstić information content (AvgIpc) is 1.50. The molecule has 2 atom stereocenters. The van der Waals surface area contributed by atoms with Crippen LogP contribution in [-0.2, 0) is 10.8 Å². The summed E-state index contributed by atoms with van der Waals surface area (Å²) in [5, 5.41) is 23.6. The van der Waals surface area contributed by atoms with Crippen LogP contribution in [0.4, 0.5) is 0 Å². The van der Waals surface area contributed by atoms with Crippen LogP contribution >= 0.6 is 0 Å². The lowest BCUT2D eigenvalue weighted by atomic mass is 9.70. The highest BCUT2D eigenvalue weighted by Gasteiger charge is 2.55. The summed E-state index contributed by atoms with van der Waals surface area (Å²) in [7, 11) is 0. The van der Waals surface area contributed by atoms with Gasteiger partial charge in [-0.1, -0.05) is 400 Å². The summed E-state index contributed by atoms with van der Waals surface area (Å²) in [4.78, 5) is 0. The van der Waals surface area contributed by atoms with E-state index in [1.807, 2.05) is 12.1 Å². The Balaban J connectivity index is 0.000000128. The first-order valence-electron chi connectivity index (χ1n) is 47.8. The maximum Gasteiger partial charge on any atom is 0.143 e. The number of benzene rings is 24. The number of fused-ring (bicyclic) bond motifs is 40. The quantitative estimate of drug-likeness (QED) is 0.156. The van der Waals surface area contributed by atoms with Gasteiger partial charge in [0, 0.05) is 54.2 Å². The van der Waals surface area contributed by atoms with Crippen LogP contribution in [0.5, 0.6) is 0 Å². The Kier molecular flexibility index (Phi) is 15.5. The minimum atomic E-state index is -0.511. The van der Waals surface area contributed by atoms with Crippen molar-refractivity contribution >= 4 is 152 Å². The van der Waals surface area contributed by atoms with E-state index >= 15 is 0 Å². The fraction of sp³-hybridized carbons (Fsp3) is 0.0149. The van der Waals surface area contributed by atoms with E-state index < -0.39 is 10.8 Å². The summed E-state index contributed by atoms with van der Waals surface area (Å²) in [6.45, 7) is 0. The molecular formula is C134H76O4. The maximum absolute atomic E-state index is 6.78. The van der Waals surface area contributed by atoms with Crippen LogP contribution in [0.1, 0.15) is 44.5 Å². The van der Waals surface area contributed by atoms with Gasteiger partial charge in [0.25, 0.3) is 0 Å². The molecule has 32 rings (SSSR count). The lowest BCUT2D eigenvalue weighted by Crippen LogP contribution is -2.25. The molecule has 0 saturated carbocycles. The lowest BCUT2D eigenvalue weighted by molar-refractivity contribution is 0.668. The molecule has 4 heterocycles. The van der Waals surface area contributed by atoms with Gasteiger partial charge in [-0.05, 0) is 270 Å². The molecule has 4 nitrogen and oxygen atoms in total. The molecule has 2 unspecified atom stereocenters. The first kappa shape index (κ1) is 75.6. The fourth-order valence-corrected chi connectivity index (χ4v) is 25.9. The molecule has 138 heavy (non-hydrogen) atoms.